The third kappa shape index (κ3) is 3.57. The van der Waals surface area contributed by atoms with E-state index in [1.807, 2.05) is 37.4 Å². The van der Waals surface area contributed by atoms with Crippen LogP contribution in [0.3, 0.4) is 0 Å². The number of rotatable bonds is 4. The van der Waals surface area contributed by atoms with Gasteiger partial charge in [-0.1, -0.05) is 18.2 Å². The molecule has 1 N–H and O–H groups in total. The van der Waals surface area contributed by atoms with Crippen LogP contribution in [0, 0.1) is 19.7 Å². The second-order valence-electron chi connectivity index (χ2n) is 6.37. The van der Waals surface area contributed by atoms with Crippen LogP contribution in [0.15, 0.2) is 60.0 Å². The lowest BCUT2D eigenvalue weighted by Crippen LogP contribution is -2.16. The van der Waals surface area contributed by atoms with Crippen molar-refractivity contribution in [2.45, 2.75) is 13.8 Å². The summed E-state index contributed by atoms with van der Waals surface area (Å²) in [5.41, 5.74) is 3.82. The van der Waals surface area contributed by atoms with Gasteiger partial charge in [0.25, 0.3) is 5.91 Å². The van der Waals surface area contributed by atoms with E-state index in [9.17, 15) is 9.18 Å². The number of hydrogen-bond donors (Lipinski definition) is 1. The minimum Gasteiger partial charge on any atom is -0.306 e. The number of aromatic nitrogens is 3. The quantitative estimate of drug-likeness (QED) is 0.531. The molecule has 0 spiro atoms. The smallest absolute Gasteiger partial charge is 0.257 e. The van der Waals surface area contributed by atoms with Gasteiger partial charge in [0.15, 0.2) is 0 Å². The van der Waals surface area contributed by atoms with Gasteiger partial charge in [-0.05, 0) is 49.7 Å². The van der Waals surface area contributed by atoms with Crippen molar-refractivity contribution in [2.75, 3.05) is 5.32 Å². The van der Waals surface area contributed by atoms with E-state index in [0.29, 0.717) is 16.5 Å². The van der Waals surface area contributed by atoms with E-state index in [1.54, 1.807) is 28.9 Å². The van der Waals surface area contributed by atoms with Gasteiger partial charge in [0.1, 0.15) is 11.6 Å². The average Bonchev–Trinajstić information content (AvgIpc) is 3.29. The number of benzene rings is 2. The third-order valence-corrected chi connectivity index (χ3v) is 5.09. The van der Waals surface area contributed by atoms with Gasteiger partial charge in [0, 0.05) is 22.6 Å². The van der Waals surface area contributed by atoms with E-state index in [0.717, 1.165) is 22.5 Å². The van der Waals surface area contributed by atoms with E-state index >= 15 is 0 Å². The van der Waals surface area contributed by atoms with E-state index < -0.39 is 0 Å². The number of hydrogen-bond acceptors (Lipinski definition) is 4. The Kier molecular flexibility index (Phi) is 4.75. The monoisotopic (exact) mass is 392 g/mol. The maximum absolute atomic E-state index is 13.1. The summed E-state index contributed by atoms with van der Waals surface area (Å²) in [5.74, 6) is 0.0587. The lowest BCUT2D eigenvalue weighted by molar-refractivity contribution is 0.102. The predicted octanol–water partition coefficient (Wildman–Crippen LogP) is 5.00. The topological polar surface area (TPSA) is 59.8 Å². The summed E-state index contributed by atoms with van der Waals surface area (Å²) in [7, 11) is 0. The number of nitrogens with zero attached hydrogens (tertiary/aromatic N) is 3. The molecule has 0 bridgehead atoms. The summed E-state index contributed by atoms with van der Waals surface area (Å²) in [6, 6.07) is 15.4. The van der Waals surface area contributed by atoms with Crippen LogP contribution in [0.1, 0.15) is 21.6 Å². The minimum atomic E-state index is -0.289. The Bertz CT molecular complexity index is 1150. The number of aryl methyl sites for hydroxylation is 2. The standard InChI is InChI=1S/C21H17FN4OS/c1-13-5-3-4-6-17(13)20(27)24-19-11-14(2)25-26(19)21-23-18(12-28-21)15-7-9-16(22)10-8-15/h3-12H,1-2H3,(H,24,27). The molecule has 0 atom stereocenters. The molecule has 140 valence electrons. The highest BCUT2D eigenvalue weighted by Crippen LogP contribution is 2.27. The van der Waals surface area contributed by atoms with Crippen molar-refractivity contribution >= 4 is 23.1 Å². The zero-order chi connectivity index (χ0) is 19.7. The molecule has 2 aromatic carbocycles. The van der Waals surface area contributed by atoms with Crippen LogP contribution in [-0.4, -0.2) is 20.7 Å². The summed E-state index contributed by atoms with van der Waals surface area (Å²) >= 11 is 1.40. The molecule has 0 saturated heterocycles. The first-order chi connectivity index (χ1) is 13.5. The molecule has 4 rings (SSSR count). The Morgan fingerprint density at radius 1 is 1.11 bits per heavy atom. The fourth-order valence-corrected chi connectivity index (χ4v) is 3.66. The van der Waals surface area contributed by atoms with Gasteiger partial charge < -0.3 is 5.32 Å². The van der Waals surface area contributed by atoms with Crippen molar-refractivity contribution in [1.82, 2.24) is 14.8 Å². The molecule has 5 nitrogen and oxygen atoms in total. The van der Waals surface area contributed by atoms with Crippen molar-refractivity contribution in [2.24, 2.45) is 0 Å². The van der Waals surface area contributed by atoms with Crippen molar-refractivity contribution in [3.8, 4) is 16.4 Å². The largest absolute Gasteiger partial charge is 0.306 e. The molecule has 0 radical (unpaired) electrons. The molecule has 0 aliphatic carbocycles. The summed E-state index contributed by atoms with van der Waals surface area (Å²) in [4.78, 5) is 17.3. The highest BCUT2D eigenvalue weighted by Gasteiger charge is 2.16. The van der Waals surface area contributed by atoms with Crippen LogP contribution in [0.4, 0.5) is 10.2 Å². The highest BCUT2D eigenvalue weighted by molar-refractivity contribution is 7.12. The summed E-state index contributed by atoms with van der Waals surface area (Å²) in [5, 5.41) is 9.88. The van der Waals surface area contributed by atoms with Gasteiger partial charge in [0.05, 0.1) is 11.4 Å². The first-order valence-corrected chi connectivity index (χ1v) is 9.55. The summed E-state index contributed by atoms with van der Waals surface area (Å²) in [6.45, 7) is 3.75. The fraction of sp³-hybridized carbons (Fsp3) is 0.0952. The molecular formula is C21H17FN4OS. The zero-order valence-corrected chi connectivity index (χ0v) is 16.1. The SMILES string of the molecule is Cc1cc(NC(=O)c2ccccc2C)n(-c2nc(-c3ccc(F)cc3)cs2)n1. The van der Waals surface area contributed by atoms with Gasteiger partial charge in [0.2, 0.25) is 5.13 Å². The molecule has 0 aliphatic heterocycles. The Hall–Kier alpha value is -3.32. The first-order valence-electron chi connectivity index (χ1n) is 8.67. The Morgan fingerprint density at radius 3 is 2.61 bits per heavy atom. The molecule has 4 aromatic rings. The van der Waals surface area contributed by atoms with Crippen LogP contribution in [0.5, 0.6) is 0 Å². The molecule has 0 aliphatic rings. The van der Waals surface area contributed by atoms with Crippen molar-refractivity contribution in [3.63, 3.8) is 0 Å². The van der Waals surface area contributed by atoms with E-state index in [4.69, 9.17) is 0 Å². The van der Waals surface area contributed by atoms with Crippen molar-refractivity contribution < 1.29 is 9.18 Å². The number of nitrogens with one attached hydrogen (secondary N) is 1. The fourth-order valence-electron chi connectivity index (χ4n) is 2.86. The summed E-state index contributed by atoms with van der Waals surface area (Å²) < 4.78 is 14.8. The number of carbonyl (C=O) groups is 1. The molecule has 0 fully saturated rings. The Labute approximate surface area is 165 Å². The van der Waals surface area contributed by atoms with Gasteiger partial charge >= 0.3 is 0 Å². The van der Waals surface area contributed by atoms with Crippen LogP contribution in [0.2, 0.25) is 0 Å². The van der Waals surface area contributed by atoms with Gasteiger partial charge in [-0.3, -0.25) is 4.79 Å². The molecule has 0 unspecified atom stereocenters. The molecule has 1 amide bonds. The average molecular weight is 392 g/mol. The molecule has 0 saturated carbocycles. The maximum Gasteiger partial charge on any atom is 0.257 e. The minimum absolute atomic E-state index is 0.199. The number of thiazole rings is 1. The first kappa shape index (κ1) is 18.1. The second kappa shape index (κ2) is 7.36. The second-order valence-corrected chi connectivity index (χ2v) is 7.21. The third-order valence-electron chi connectivity index (χ3n) is 4.28. The predicted molar refractivity (Wildman–Crippen MR) is 108 cm³/mol. The number of anilines is 1. The van der Waals surface area contributed by atoms with Crippen LogP contribution >= 0.6 is 11.3 Å². The molecule has 2 aromatic heterocycles. The Morgan fingerprint density at radius 2 is 1.86 bits per heavy atom. The molecule has 2 heterocycles. The van der Waals surface area contributed by atoms with E-state index in [1.165, 1.54) is 23.5 Å². The lowest BCUT2D eigenvalue weighted by Gasteiger charge is -2.08. The number of amides is 1. The highest BCUT2D eigenvalue weighted by atomic mass is 32.1. The molecule has 7 heteroatoms. The molecule has 28 heavy (non-hydrogen) atoms. The Balaban J connectivity index is 1.64. The van der Waals surface area contributed by atoms with Gasteiger partial charge in [-0.15, -0.1) is 11.3 Å². The van der Waals surface area contributed by atoms with Crippen LogP contribution in [-0.2, 0) is 0 Å². The summed E-state index contributed by atoms with van der Waals surface area (Å²) in [6.07, 6.45) is 0. The molecular weight excluding hydrogens is 375 g/mol. The number of carbonyl (C=O) groups excluding carboxylic acids is 1. The van der Waals surface area contributed by atoms with Crippen LogP contribution in [0.25, 0.3) is 16.4 Å². The zero-order valence-electron chi connectivity index (χ0n) is 15.3. The van der Waals surface area contributed by atoms with Gasteiger partial charge in [-0.25, -0.2) is 9.37 Å². The lowest BCUT2D eigenvalue weighted by atomic mass is 10.1. The number of halogens is 1. The normalized spacial score (nSPS) is 10.8. The van der Waals surface area contributed by atoms with E-state index in [2.05, 4.69) is 15.4 Å². The van der Waals surface area contributed by atoms with Crippen LogP contribution < -0.4 is 5.32 Å². The van der Waals surface area contributed by atoms with Gasteiger partial charge in [-0.2, -0.15) is 9.78 Å². The van der Waals surface area contributed by atoms with Crippen molar-refractivity contribution in [3.05, 3.63) is 82.6 Å². The van der Waals surface area contributed by atoms with Crippen molar-refractivity contribution in [1.29, 1.82) is 0 Å². The van der Waals surface area contributed by atoms with E-state index in [-0.39, 0.29) is 11.7 Å². The maximum atomic E-state index is 13.1.